The number of amides is 1. The van der Waals surface area contributed by atoms with Gasteiger partial charge in [0.05, 0.1) is 16.9 Å². The molecule has 3 rings (SSSR count). The number of benzene rings is 2. The van der Waals surface area contributed by atoms with Crippen molar-refractivity contribution in [2.45, 2.75) is 25.4 Å². The number of piperidine rings is 1. The Balaban J connectivity index is 1.94. The lowest BCUT2D eigenvalue weighted by molar-refractivity contribution is -0.137. The van der Waals surface area contributed by atoms with Crippen molar-refractivity contribution < 1.29 is 26.7 Å². The van der Waals surface area contributed by atoms with E-state index in [1.807, 2.05) is 4.90 Å². The molecule has 8 heteroatoms. The number of alkyl halides is 3. The van der Waals surface area contributed by atoms with Crippen LogP contribution in [-0.2, 0) is 6.18 Å². The molecule has 0 aliphatic carbocycles. The summed E-state index contributed by atoms with van der Waals surface area (Å²) in [7, 11) is 0. The maximum Gasteiger partial charge on any atom is 0.416 e. The highest BCUT2D eigenvalue weighted by atomic mass is 19.4. The van der Waals surface area contributed by atoms with Crippen LogP contribution in [0.3, 0.4) is 0 Å². The molecule has 1 amide bonds. The molecule has 144 valence electrons. The fourth-order valence-corrected chi connectivity index (χ4v) is 3.05. The Morgan fingerprint density at radius 2 is 1.63 bits per heavy atom. The van der Waals surface area contributed by atoms with Gasteiger partial charge in [-0.3, -0.25) is 4.79 Å². The molecule has 1 saturated heterocycles. The number of halogens is 5. The van der Waals surface area contributed by atoms with Crippen LogP contribution in [0.1, 0.15) is 35.2 Å². The van der Waals surface area contributed by atoms with E-state index in [1.165, 1.54) is 6.07 Å². The van der Waals surface area contributed by atoms with Crippen LogP contribution < -0.4 is 10.2 Å². The fourth-order valence-electron chi connectivity index (χ4n) is 3.05. The third-order valence-electron chi connectivity index (χ3n) is 4.45. The highest BCUT2D eigenvalue weighted by Gasteiger charge is 2.32. The topological polar surface area (TPSA) is 32.3 Å². The molecule has 0 unspecified atom stereocenters. The van der Waals surface area contributed by atoms with E-state index in [4.69, 9.17) is 0 Å². The number of hydrogen-bond acceptors (Lipinski definition) is 2. The number of nitrogens with zero attached hydrogens (tertiary/aromatic N) is 1. The smallest absolute Gasteiger partial charge is 0.370 e. The van der Waals surface area contributed by atoms with E-state index in [1.54, 1.807) is 0 Å². The van der Waals surface area contributed by atoms with Gasteiger partial charge in [-0.05, 0) is 55.7 Å². The van der Waals surface area contributed by atoms with E-state index in [2.05, 4.69) is 5.32 Å². The molecule has 0 atom stereocenters. The molecule has 1 aliphatic rings. The molecule has 27 heavy (non-hydrogen) atoms. The zero-order valence-electron chi connectivity index (χ0n) is 14.2. The quantitative estimate of drug-likeness (QED) is 0.736. The van der Waals surface area contributed by atoms with Gasteiger partial charge in [-0.15, -0.1) is 0 Å². The number of rotatable bonds is 3. The lowest BCUT2D eigenvalue weighted by atomic mass is 10.1. The second-order valence-corrected chi connectivity index (χ2v) is 6.36. The van der Waals surface area contributed by atoms with Gasteiger partial charge in [0, 0.05) is 18.7 Å². The summed E-state index contributed by atoms with van der Waals surface area (Å²) in [6.45, 7) is 1.33. The summed E-state index contributed by atoms with van der Waals surface area (Å²) < 4.78 is 65.6. The third kappa shape index (κ3) is 4.37. The summed E-state index contributed by atoms with van der Waals surface area (Å²) in [5, 5.41) is 2.41. The van der Waals surface area contributed by atoms with Crippen LogP contribution in [0.4, 0.5) is 33.3 Å². The standard InChI is InChI=1S/C19H17F5N2O/c20-14-6-4-12(10-15(14)21)18(27)25-16-11-13(19(22,23)24)5-7-17(16)26-8-2-1-3-9-26/h4-7,10-11H,1-3,8-9H2,(H,25,27). The minimum absolute atomic E-state index is 0.0125. The monoisotopic (exact) mass is 384 g/mol. The summed E-state index contributed by atoms with van der Waals surface area (Å²) in [6, 6.07) is 5.73. The number of carbonyl (C=O) groups is 1. The van der Waals surface area contributed by atoms with Crippen molar-refractivity contribution in [1.82, 2.24) is 0 Å². The second kappa shape index (κ2) is 7.54. The van der Waals surface area contributed by atoms with Gasteiger partial charge in [0.25, 0.3) is 5.91 Å². The number of anilines is 2. The Bertz CT molecular complexity index is 844. The summed E-state index contributed by atoms with van der Waals surface area (Å²) in [6.07, 6.45) is -1.73. The normalized spacial score (nSPS) is 14.9. The number of hydrogen-bond donors (Lipinski definition) is 1. The van der Waals surface area contributed by atoms with Gasteiger partial charge in [0.1, 0.15) is 0 Å². The molecule has 0 radical (unpaired) electrons. The maximum absolute atomic E-state index is 13.4. The molecule has 1 heterocycles. The first-order chi connectivity index (χ1) is 12.8. The van der Waals surface area contributed by atoms with Gasteiger partial charge in [-0.1, -0.05) is 0 Å². The van der Waals surface area contributed by atoms with E-state index in [9.17, 15) is 26.7 Å². The Morgan fingerprint density at radius 3 is 2.26 bits per heavy atom. The number of carbonyl (C=O) groups excluding carboxylic acids is 1. The zero-order chi connectivity index (χ0) is 19.6. The van der Waals surface area contributed by atoms with Gasteiger partial charge in [0.15, 0.2) is 11.6 Å². The predicted molar refractivity (Wildman–Crippen MR) is 91.8 cm³/mol. The van der Waals surface area contributed by atoms with Crippen LogP contribution in [-0.4, -0.2) is 19.0 Å². The van der Waals surface area contributed by atoms with Crippen LogP contribution in [0.5, 0.6) is 0 Å². The lowest BCUT2D eigenvalue weighted by Crippen LogP contribution is -2.30. The largest absolute Gasteiger partial charge is 0.416 e. The second-order valence-electron chi connectivity index (χ2n) is 6.36. The highest BCUT2D eigenvalue weighted by molar-refractivity contribution is 6.06. The van der Waals surface area contributed by atoms with Crippen molar-refractivity contribution in [1.29, 1.82) is 0 Å². The third-order valence-corrected chi connectivity index (χ3v) is 4.45. The molecule has 0 aromatic heterocycles. The molecule has 1 fully saturated rings. The van der Waals surface area contributed by atoms with Crippen molar-refractivity contribution in [2.75, 3.05) is 23.3 Å². The van der Waals surface area contributed by atoms with Crippen LogP contribution >= 0.6 is 0 Å². The van der Waals surface area contributed by atoms with Crippen molar-refractivity contribution in [3.63, 3.8) is 0 Å². The molecular formula is C19H17F5N2O. The SMILES string of the molecule is O=C(Nc1cc(C(F)(F)F)ccc1N1CCCCC1)c1ccc(F)c(F)c1. The van der Waals surface area contributed by atoms with E-state index in [0.717, 1.165) is 43.5 Å². The first kappa shape index (κ1) is 19.1. The molecule has 0 bridgehead atoms. The van der Waals surface area contributed by atoms with Crippen LogP contribution in [0, 0.1) is 11.6 Å². The molecule has 2 aromatic carbocycles. The van der Waals surface area contributed by atoms with Crippen LogP contribution in [0.25, 0.3) is 0 Å². The van der Waals surface area contributed by atoms with Gasteiger partial charge in [-0.25, -0.2) is 8.78 Å². The van der Waals surface area contributed by atoms with Crippen molar-refractivity contribution in [3.8, 4) is 0 Å². The van der Waals surface area contributed by atoms with E-state index in [0.29, 0.717) is 24.8 Å². The average Bonchev–Trinajstić information content (AvgIpc) is 2.64. The highest BCUT2D eigenvalue weighted by Crippen LogP contribution is 2.36. The van der Waals surface area contributed by atoms with Gasteiger partial charge >= 0.3 is 6.18 Å². The van der Waals surface area contributed by atoms with E-state index < -0.39 is 29.3 Å². The van der Waals surface area contributed by atoms with Crippen molar-refractivity contribution in [3.05, 3.63) is 59.2 Å². The molecule has 1 aliphatic heterocycles. The summed E-state index contributed by atoms with van der Waals surface area (Å²) in [4.78, 5) is 14.3. The van der Waals surface area contributed by atoms with E-state index in [-0.39, 0.29) is 11.3 Å². The molecule has 2 aromatic rings. The van der Waals surface area contributed by atoms with Gasteiger partial charge < -0.3 is 10.2 Å². The molecule has 3 nitrogen and oxygen atoms in total. The Labute approximate surface area is 152 Å². The number of nitrogens with one attached hydrogen (secondary N) is 1. The van der Waals surface area contributed by atoms with Crippen molar-refractivity contribution >= 4 is 17.3 Å². The molecule has 0 spiro atoms. The maximum atomic E-state index is 13.4. The predicted octanol–water partition coefficient (Wildman–Crippen LogP) is 5.23. The Kier molecular flexibility index (Phi) is 5.34. The summed E-state index contributed by atoms with van der Waals surface area (Å²) in [5.41, 5.74) is -0.625. The van der Waals surface area contributed by atoms with E-state index >= 15 is 0 Å². The first-order valence-corrected chi connectivity index (χ1v) is 8.48. The minimum atomic E-state index is -4.57. The minimum Gasteiger partial charge on any atom is -0.370 e. The summed E-state index contributed by atoms with van der Waals surface area (Å²) in [5.74, 6) is -3.13. The van der Waals surface area contributed by atoms with Crippen LogP contribution in [0.2, 0.25) is 0 Å². The Morgan fingerprint density at radius 1 is 0.926 bits per heavy atom. The average molecular weight is 384 g/mol. The Hall–Kier alpha value is -2.64. The molecular weight excluding hydrogens is 367 g/mol. The van der Waals surface area contributed by atoms with Gasteiger partial charge in [0.2, 0.25) is 0 Å². The zero-order valence-corrected chi connectivity index (χ0v) is 14.2. The lowest BCUT2D eigenvalue weighted by Gasteiger charge is -2.31. The first-order valence-electron chi connectivity index (χ1n) is 8.48. The fraction of sp³-hybridized carbons (Fsp3) is 0.316. The van der Waals surface area contributed by atoms with Crippen LogP contribution in [0.15, 0.2) is 36.4 Å². The van der Waals surface area contributed by atoms with Crippen molar-refractivity contribution in [2.24, 2.45) is 0 Å². The molecule has 1 N–H and O–H groups in total. The summed E-state index contributed by atoms with van der Waals surface area (Å²) >= 11 is 0. The molecule has 0 saturated carbocycles. The van der Waals surface area contributed by atoms with Gasteiger partial charge in [-0.2, -0.15) is 13.2 Å².